The van der Waals surface area contributed by atoms with Gasteiger partial charge in [0.05, 0.1) is 54.6 Å². The predicted molar refractivity (Wildman–Crippen MR) is 245 cm³/mol. The molecule has 5 aliphatic rings. The number of aromatic amines is 1. The molecule has 1 aromatic heterocycles. The van der Waals surface area contributed by atoms with Gasteiger partial charge in [0, 0.05) is 91.6 Å². The summed E-state index contributed by atoms with van der Waals surface area (Å²) in [4.78, 5) is 89.2. The summed E-state index contributed by atoms with van der Waals surface area (Å²) >= 11 is 0. The van der Waals surface area contributed by atoms with Gasteiger partial charge in [-0.2, -0.15) is 5.26 Å². The summed E-state index contributed by atoms with van der Waals surface area (Å²) in [7, 11) is 0. The number of imide groups is 2. The Morgan fingerprint density at radius 1 is 0.833 bits per heavy atom. The third-order valence-corrected chi connectivity index (χ3v) is 14.4. The Hall–Kier alpha value is -6.21. The van der Waals surface area contributed by atoms with Gasteiger partial charge in [-0.15, -0.1) is 0 Å². The van der Waals surface area contributed by atoms with Crippen LogP contribution in [0.5, 0.6) is 0 Å². The third-order valence-electron chi connectivity index (χ3n) is 14.4. The van der Waals surface area contributed by atoms with Gasteiger partial charge in [0.25, 0.3) is 11.8 Å². The molecule has 0 spiro atoms. The molecule has 3 aromatic carbocycles. The molecule has 5 heterocycles. The number of ketones is 1. The van der Waals surface area contributed by atoms with Crippen molar-refractivity contribution in [2.75, 3.05) is 70.6 Å². The van der Waals surface area contributed by atoms with Crippen LogP contribution in [0.1, 0.15) is 124 Å². The van der Waals surface area contributed by atoms with Crippen LogP contribution in [0, 0.1) is 11.3 Å². The fourth-order valence-electron chi connectivity index (χ4n) is 10.8. The number of nitrogens with zero attached hydrogens (tertiary/aromatic N) is 5. The lowest BCUT2D eigenvalue weighted by atomic mass is 9.70. The number of piperidine rings is 2. The zero-order chi connectivity index (χ0) is 46.3. The second-order valence-corrected chi connectivity index (χ2v) is 18.6. The molecule has 0 radical (unpaired) electrons. The van der Waals surface area contributed by atoms with Crippen LogP contribution in [0.3, 0.4) is 0 Å². The molecule has 3 saturated heterocycles. The van der Waals surface area contributed by atoms with Crippen LogP contribution in [0.25, 0.3) is 10.9 Å². The minimum absolute atomic E-state index is 0.0360. The lowest BCUT2D eigenvalue weighted by Crippen LogP contribution is -2.54. The van der Waals surface area contributed by atoms with E-state index in [-0.39, 0.29) is 30.1 Å². The van der Waals surface area contributed by atoms with E-state index in [2.05, 4.69) is 59.1 Å². The molecule has 66 heavy (non-hydrogen) atoms. The Kier molecular flexibility index (Phi) is 12.7. The molecule has 15 heteroatoms. The fourth-order valence-corrected chi connectivity index (χ4v) is 10.8. The van der Waals surface area contributed by atoms with E-state index < -0.39 is 35.1 Å². The van der Waals surface area contributed by atoms with Crippen molar-refractivity contribution in [2.24, 2.45) is 0 Å². The van der Waals surface area contributed by atoms with Crippen LogP contribution >= 0.6 is 0 Å². The van der Waals surface area contributed by atoms with E-state index in [0.29, 0.717) is 87.1 Å². The van der Waals surface area contributed by atoms with E-state index in [0.717, 1.165) is 78.1 Å². The SMILES string of the molecule is CCc1cc2c(cc1N1CCC(N3CCN(C(=O)CCOCCOCCCc4cccc5c4C(=O)N(C4CCC(=O)NC4=O)C5=O)CC3)CC1)C(C)(C)c1[nH]c3cc(C#N)ccc3c1C2=O. The monoisotopic (exact) mass is 895 g/mol. The summed E-state index contributed by atoms with van der Waals surface area (Å²) in [6.07, 6.45) is 4.49. The Labute approximate surface area is 384 Å². The number of aryl methyl sites for hydroxylation is 2. The number of rotatable bonds is 14. The van der Waals surface area contributed by atoms with Gasteiger partial charge >= 0.3 is 0 Å². The molecule has 0 saturated carbocycles. The van der Waals surface area contributed by atoms with E-state index >= 15 is 0 Å². The molecule has 9 rings (SSSR count). The molecular formula is C51H57N7O8. The van der Waals surface area contributed by atoms with Crippen molar-refractivity contribution in [2.45, 2.75) is 89.6 Å². The van der Waals surface area contributed by atoms with Crippen LogP contribution in [-0.4, -0.2) is 133 Å². The Morgan fingerprint density at radius 2 is 1.59 bits per heavy atom. The summed E-state index contributed by atoms with van der Waals surface area (Å²) in [5.74, 6) is -1.93. The number of hydrogen-bond acceptors (Lipinski definition) is 11. The molecule has 344 valence electrons. The van der Waals surface area contributed by atoms with Crippen molar-refractivity contribution in [3.8, 4) is 6.07 Å². The zero-order valence-electron chi connectivity index (χ0n) is 38.0. The number of nitrogens with one attached hydrogen (secondary N) is 2. The van der Waals surface area contributed by atoms with Crippen molar-refractivity contribution in [1.29, 1.82) is 5.26 Å². The maximum atomic E-state index is 14.1. The first-order chi connectivity index (χ1) is 31.9. The summed E-state index contributed by atoms with van der Waals surface area (Å²) in [6.45, 7) is 12.9. The van der Waals surface area contributed by atoms with E-state index in [9.17, 15) is 34.0 Å². The average Bonchev–Trinajstić information content (AvgIpc) is 3.84. The second-order valence-electron chi connectivity index (χ2n) is 18.6. The van der Waals surface area contributed by atoms with Gasteiger partial charge in [-0.05, 0) is 85.5 Å². The zero-order valence-corrected chi connectivity index (χ0v) is 38.0. The van der Waals surface area contributed by atoms with Gasteiger partial charge in [0.15, 0.2) is 5.78 Å². The van der Waals surface area contributed by atoms with Gasteiger partial charge < -0.3 is 24.3 Å². The molecule has 1 atom stereocenters. The lowest BCUT2D eigenvalue weighted by molar-refractivity contribution is -0.136. The van der Waals surface area contributed by atoms with Gasteiger partial charge in [-0.1, -0.05) is 39.0 Å². The van der Waals surface area contributed by atoms with Gasteiger partial charge in [-0.25, -0.2) is 0 Å². The molecule has 3 fully saturated rings. The number of carbonyl (C=O) groups is 6. The van der Waals surface area contributed by atoms with Crippen molar-refractivity contribution in [3.63, 3.8) is 0 Å². The molecular weight excluding hydrogens is 839 g/mol. The normalized spacial score (nSPS) is 19.8. The first-order valence-corrected chi connectivity index (χ1v) is 23.4. The highest BCUT2D eigenvalue weighted by Crippen LogP contribution is 2.46. The first kappa shape index (κ1) is 45.0. The number of ether oxygens (including phenoxy) is 2. The number of amides is 5. The fraction of sp³-hybridized carbons (Fsp3) is 0.471. The van der Waals surface area contributed by atoms with Crippen LogP contribution in [0.4, 0.5) is 5.69 Å². The van der Waals surface area contributed by atoms with Gasteiger partial charge in [-0.3, -0.25) is 43.9 Å². The number of piperazine rings is 1. The molecule has 5 amide bonds. The molecule has 1 aliphatic carbocycles. The predicted octanol–water partition coefficient (Wildman–Crippen LogP) is 5.04. The maximum Gasteiger partial charge on any atom is 0.262 e. The van der Waals surface area contributed by atoms with Crippen LogP contribution in [0.15, 0.2) is 48.5 Å². The average molecular weight is 896 g/mol. The molecule has 0 bridgehead atoms. The van der Waals surface area contributed by atoms with Crippen molar-refractivity contribution < 1.29 is 38.2 Å². The molecule has 1 unspecified atom stereocenters. The minimum atomic E-state index is -0.999. The molecule has 15 nitrogen and oxygen atoms in total. The standard InChI is InChI=1S/C51H57N7O8/c1-4-32-28-37-38(51(2,3)47-45(46(37)61)35-11-10-31(30-52)27-39(35)53-47)29-41(32)56-17-14-34(15-18-56)55-19-21-57(22-20-55)43(60)16-24-66-26-25-65-23-6-8-33-7-5-9-36-44(33)50(64)58(49(36)63)40-12-13-42(59)54-48(40)62/h5,7,9-11,27-29,34,40,53H,4,6,8,12-26H2,1-3H3,(H,54,59,62). The van der Waals surface area contributed by atoms with Crippen molar-refractivity contribution in [3.05, 3.63) is 98.7 Å². The summed E-state index contributed by atoms with van der Waals surface area (Å²) in [5.41, 5.74) is 8.04. The first-order valence-electron chi connectivity index (χ1n) is 23.4. The highest BCUT2D eigenvalue weighted by atomic mass is 16.5. The largest absolute Gasteiger partial charge is 0.379 e. The number of benzene rings is 3. The van der Waals surface area contributed by atoms with E-state index in [1.54, 1.807) is 18.2 Å². The number of H-pyrrole nitrogens is 1. The number of anilines is 1. The summed E-state index contributed by atoms with van der Waals surface area (Å²) in [5, 5.41) is 12.6. The highest BCUT2D eigenvalue weighted by Gasteiger charge is 2.46. The molecule has 4 aromatic rings. The topological polar surface area (TPSA) is 185 Å². The number of carbonyl (C=O) groups excluding carboxylic acids is 6. The Bertz CT molecular complexity index is 2660. The van der Waals surface area contributed by atoms with Crippen LogP contribution in [0.2, 0.25) is 0 Å². The van der Waals surface area contributed by atoms with Crippen LogP contribution < -0.4 is 10.2 Å². The third kappa shape index (κ3) is 8.31. The van der Waals surface area contributed by atoms with E-state index in [1.165, 1.54) is 11.3 Å². The number of nitriles is 1. The molecule has 2 N–H and O–H groups in total. The second kappa shape index (κ2) is 18.6. The minimum Gasteiger partial charge on any atom is -0.379 e. The van der Waals surface area contributed by atoms with Gasteiger partial charge in [0.2, 0.25) is 17.7 Å². The van der Waals surface area contributed by atoms with E-state index in [1.807, 2.05) is 23.1 Å². The number of aromatic nitrogens is 1. The van der Waals surface area contributed by atoms with Gasteiger partial charge in [0.1, 0.15) is 6.04 Å². The number of hydrogen-bond donors (Lipinski definition) is 2. The smallest absolute Gasteiger partial charge is 0.262 e. The highest BCUT2D eigenvalue weighted by molar-refractivity contribution is 6.24. The van der Waals surface area contributed by atoms with E-state index in [4.69, 9.17) is 9.47 Å². The maximum absolute atomic E-state index is 14.1. The van der Waals surface area contributed by atoms with Crippen LogP contribution in [-0.2, 0) is 42.1 Å². The Morgan fingerprint density at radius 3 is 2.32 bits per heavy atom. The quantitative estimate of drug-likeness (QED) is 0.128. The number of fused-ring (bicyclic) bond motifs is 5. The summed E-state index contributed by atoms with van der Waals surface area (Å²) in [6, 6.07) is 16.7. The lowest BCUT2D eigenvalue weighted by Gasteiger charge is -2.44. The summed E-state index contributed by atoms with van der Waals surface area (Å²) < 4.78 is 11.5. The van der Waals surface area contributed by atoms with Crippen molar-refractivity contribution >= 4 is 51.9 Å². The Balaban J connectivity index is 0.684. The molecule has 4 aliphatic heterocycles. The van der Waals surface area contributed by atoms with Crippen molar-refractivity contribution in [1.82, 2.24) is 25.0 Å².